The average Bonchev–Trinajstić information content (AvgIpc) is 2.15. The quantitative estimate of drug-likeness (QED) is 0.784. The maximum Gasteiger partial charge on any atom is 0.341 e. The van der Waals surface area contributed by atoms with Gasteiger partial charge >= 0.3 is 5.97 Å². The molecule has 0 spiro atoms. The zero-order valence-corrected chi connectivity index (χ0v) is 10.1. The Morgan fingerprint density at radius 3 is 2.44 bits per heavy atom. The van der Waals surface area contributed by atoms with Crippen molar-refractivity contribution in [1.82, 2.24) is 0 Å². The van der Waals surface area contributed by atoms with Crippen molar-refractivity contribution in [2.45, 2.75) is 51.8 Å². The Balaban J connectivity index is 2.96. The lowest BCUT2D eigenvalue weighted by molar-refractivity contribution is -0.170. The van der Waals surface area contributed by atoms with Crippen molar-refractivity contribution < 1.29 is 19.4 Å². The van der Waals surface area contributed by atoms with Gasteiger partial charge in [-0.3, -0.25) is 0 Å². The number of aliphatic hydroxyl groups is 1. The van der Waals surface area contributed by atoms with Gasteiger partial charge in [0.2, 0.25) is 6.17 Å². The number of carboxylic acid groups (broad SMARTS) is 1. The van der Waals surface area contributed by atoms with Crippen LogP contribution in [0.1, 0.15) is 40.0 Å². The summed E-state index contributed by atoms with van der Waals surface area (Å²) >= 11 is 0. The fourth-order valence-corrected chi connectivity index (χ4v) is 2.94. The Morgan fingerprint density at radius 2 is 2.00 bits per heavy atom. The molecule has 4 heteroatoms. The van der Waals surface area contributed by atoms with E-state index in [0.717, 1.165) is 6.42 Å². The highest BCUT2D eigenvalue weighted by Crippen LogP contribution is 2.43. The number of hydrogen-bond donors (Lipinski definition) is 2. The largest absolute Gasteiger partial charge is 0.479 e. The predicted octanol–water partition coefficient (Wildman–Crippen LogP) is 2.23. The molecule has 0 aromatic heterocycles. The summed E-state index contributed by atoms with van der Waals surface area (Å²) in [6, 6.07) is 0. The van der Waals surface area contributed by atoms with E-state index in [1.54, 1.807) is 0 Å². The standard InChI is InChI=1S/C12H21FO3/c1-7(2)9-5-4-8(3)6-12(9,16)10(13)11(14)15/h7-10,16H,4-6H2,1-3H3,(H,14,15). The molecule has 16 heavy (non-hydrogen) atoms. The van der Waals surface area contributed by atoms with Gasteiger partial charge in [0.25, 0.3) is 0 Å². The van der Waals surface area contributed by atoms with Crippen LogP contribution in [0.4, 0.5) is 4.39 Å². The van der Waals surface area contributed by atoms with Gasteiger partial charge in [-0.05, 0) is 30.6 Å². The van der Waals surface area contributed by atoms with Crippen molar-refractivity contribution in [3.8, 4) is 0 Å². The van der Waals surface area contributed by atoms with Crippen LogP contribution in [0.25, 0.3) is 0 Å². The molecule has 2 N–H and O–H groups in total. The lowest BCUT2D eigenvalue weighted by Gasteiger charge is -2.45. The van der Waals surface area contributed by atoms with Crippen LogP contribution >= 0.6 is 0 Å². The monoisotopic (exact) mass is 232 g/mol. The molecule has 1 aliphatic rings. The normalized spacial score (nSPS) is 37.4. The Hall–Kier alpha value is -0.640. The third kappa shape index (κ3) is 2.37. The molecule has 1 saturated carbocycles. The Morgan fingerprint density at radius 1 is 1.44 bits per heavy atom. The van der Waals surface area contributed by atoms with Crippen molar-refractivity contribution in [2.75, 3.05) is 0 Å². The summed E-state index contributed by atoms with van der Waals surface area (Å²) in [5.74, 6) is -1.55. The highest BCUT2D eigenvalue weighted by atomic mass is 19.1. The van der Waals surface area contributed by atoms with Gasteiger partial charge in [-0.25, -0.2) is 9.18 Å². The van der Waals surface area contributed by atoms with E-state index < -0.39 is 17.7 Å². The number of carboxylic acids is 1. The van der Waals surface area contributed by atoms with Crippen LogP contribution in [0.3, 0.4) is 0 Å². The molecule has 0 radical (unpaired) electrons. The minimum atomic E-state index is -2.18. The molecule has 0 bridgehead atoms. The molecule has 0 heterocycles. The Labute approximate surface area is 95.7 Å². The van der Waals surface area contributed by atoms with E-state index in [9.17, 15) is 14.3 Å². The number of alkyl halides is 1. The molecule has 0 aliphatic heterocycles. The van der Waals surface area contributed by atoms with Crippen LogP contribution in [-0.2, 0) is 4.79 Å². The number of aliphatic carboxylic acids is 1. The first-order valence-corrected chi connectivity index (χ1v) is 5.88. The van der Waals surface area contributed by atoms with Crippen molar-refractivity contribution >= 4 is 5.97 Å². The zero-order chi connectivity index (χ0) is 12.5. The SMILES string of the molecule is CC1CCC(C(C)C)C(O)(C(F)C(=O)O)C1. The van der Waals surface area contributed by atoms with E-state index in [0.29, 0.717) is 6.42 Å². The van der Waals surface area contributed by atoms with Gasteiger partial charge in [-0.15, -0.1) is 0 Å². The van der Waals surface area contributed by atoms with E-state index in [4.69, 9.17) is 5.11 Å². The molecule has 94 valence electrons. The van der Waals surface area contributed by atoms with Crippen LogP contribution in [0.15, 0.2) is 0 Å². The van der Waals surface area contributed by atoms with Crippen LogP contribution in [0.5, 0.6) is 0 Å². The first-order chi connectivity index (χ1) is 7.29. The maximum atomic E-state index is 13.7. The van der Waals surface area contributed by atoms with Crippen LogP contribution in [0.2, 0.25) is 0 Å². The van der Waals surface area contributed by atoms with E-state index in [1.807, 2.05) is 20.8 Å². The second-order valence-corrected chi connectivity index (χ2v) is 5.43. The molecular weight excluding hydrogens is 211 g/mol. The van der Waals surface area contributed by atoms with Crippen molar-refractivity contribution in [3.63, 3.8) is 0 Å². The highest BCUT2D eigenvalue weighted by molar-refractivity contribution is 5.74. The van der Waals surface area contributed by atoms with Gasteiger partial charge in [0.05, 0.1) is 0 Å². The van der Waals surface area contributed by atoms with Gasteiger partial charge in [0.1, 0.15) is 5.60 Å². The van der Waals surface area contributed by atoms with Crippen LogP contribution < -0.4 is 0 Å². The third-order valence-corrected chi connectivity index (χ3v) is 3.75. The summed E-state index contributed by atoms with van der Waals surface area (Å²) in [5.41, 5.74) is -1.70. The minimum absolute atomic E-state index is 0.0927. The third-order valence-electron chi connectivity index (χ3n) is 3.75. The van der Waals surface area contributed by atoms with Crippen molar-refractivity contribution in [2.24, 2.45) is 17.8 Å². The predicted molar refractivity (Wildman–Crippen MR) is 58.8 cm³/mol. The fourth-order valence-electron chi connectivity index (χ4n) is 2.94. The first-order valence-electron chi connectivity index (χ1n) is 5.88. The summed E-state index contributed by atoms with van der Waals surface area (Å²) in [7, 11) is 0. The number of rotatable bonds is 3. The lowest BCUT2D eigenvalue weighted by atomic mass is 9.65. The first kappa shape index (κ1) is 13.4. The molecule has 0 amide bonds. The highest BCUT2D eigenvalue weighted by Gasteiger charge is 2.51. The van der Waals surface area contributed by atoms with Gasteiger partial charge in [-0.2, -0.15) is 0 Å². The van der Waals surface area contributed by atoms with Gasteiger partial charge in [0.15, 0.2) is 0 Å². The Kier molecular flexibility index (Phi) is 3.94. The number of hydrogen-bond acceptors (Lipinski definition) is 2. The molecule has 0 saturated heterocycles. The molecule has 3 nitrogen and oxygen atoms in total. The molecule has 0 aromatic carbocycles. The van der Waals surface area contributed by atoms with Gasteiger partial charge in [-0.1, -0.05) is 27.2 Å². The second-order valence-electron chi connectivity index (χ2n) is 5.43. The van der Waals surface area contributed by atoms with Crippen LogP contribution in [-0.4, -0.2) is 28.0 Å². The summed E-state index contributed by atoms with van der Waals surface area (Å²) in [6.07, 6.45) is -0.313. The summed E-state index contributed by atoms with van der Waals surface area (Å²) < 4.78 is 13.7. The van der Waals surface area contributed by atoms with E-state index >= 15 is 0 Å². The number of carbonyl (C=O) groups is 1. The molecule has 1 aliphatic carbocycles. The Bertz CT molecular complexity index is 267. The van der Waals surface area contributed by atoms with E-state index in [-0.39, 0.29) is 24.2 Å². The zero-order valence-electron chi connectivity index (χ0n) is 10.1. The molecule has 0 aromatic rings. The molecule has 1 fully saturated rings. The van der Waals surface area contributed by atoms with Crippen LogP contribution in [0, 0.1) is 17.8 Å². The smallest absolute Gasteiger partial charge is 0.341 e. The van der Waals surface area contributed by atoms with E-state index in [2.05, 4.69) is 0 Å². The molecule has 4 atom stereocenters. The second kappa shape index (κ2) is 4.70. The minimum Gasteiger partial charge on any atom is -0.479 e. The molecule has 1 rings (SSSR count). The van der Waals surface area contributed by atoms with Gasteiger partial charge in [0, 0.05) is 0 Å². The summed E-state index contributed by atoms with van der Waals surface area (Å²) in [4.78, 5) is 10.7. The maximum absolute atomic E-state index is 13.7. The summed E-state index contributed by atoms with van der Waals surface area (Å²) in [6.45, 7) is 5.73. The molecule has 4 unspecified atom stereocenters. The fraction of sp³-hybridized carbons (Fsp3) is 0.917. The lowest BCUT2D eigenvalue weighted by Crippen LogP contribution is -2.55. The van der Waals surface area contributed by atoms with Crippen molar-refractivity contribution in [1.29, 1.82) is 0 Å². The molecular formula is C12H21FO3. The number of halogens is 1. The average molecular weight is 232 g/mol. The van der Waals surface area contributed by atoms with E-state index in [1.165, 1.54) is 0 Å². The topological polar surface area (TPSA) is 57.5 Å². The summed E-state index contributed by atoms with van der Waals surface area (Å²) in [5, 5.41) is 19.1. The van der Waals surface area contributed by atoms with Crippen molar-refractivity contribution in [3.05, 3.63) is 0 Å². The van der Waals surface area contributed by atoms with Gasteiger partial charge < -0.3 is 10.2 Å².